The van der Waals surface area contributed by atoms with Crippen molar-refractivity contribution in [3.8, 4) is 0 Å². The van der Waals surface area contributed by atoms with Crippen LogP contribution in [-0.2, 0) is 0 Å². The van der Waals surface area contributed by atoms with Crippen molar-refractivity contribution in [2.75, 3.05) is 26.7 Å². The fourth-order valence-electron chi connectivity index (χ4n) is 4.77. The third-order valence-electron chi connectivity index (χ3n) is 7.11. The van der Waals surface area contributed by atoms with E-state index in [9.17, 15) is 0 Å². The maximum absolute atomic E-state index is 3.56. The van der Waals surface area contributed by atoms with Crippen LogP contribution >= 0.6 is 0 Å². The van der Waals surface area contributed by atoms with Gasteiger partial charge in [0.15, 0.2) is 0 Å². The lowest BCUT2D eigenvalue weighted by atomic mass is 9.80. The fourth-order valence-corrected chi connectivity index (χ4v) is 4.77. The van der Waals surface area contributed by atoms with Crippen LogP contribution in [0.3, 0.4) is 0 Å². The second-order valence-electron chi connectivity index (χ2n) is 10.3. The van der Waals surface area contributed by atoms with Gasteiger partial charge in [-0.1, -0.05) is 135 Å². The molecule has 1 N–H and O–H groups in total. The lowest BCUT2D eigenvalue weighted by Crippen LogP contribution is -2.34. The Morgan fingerprint density at radius 2 is 1.26 bits per heavy atom. The first-order chi connectivity index (χ1) is 20.4. The molecule has 0 saturated carbocycles. The maximum Gasteiger partial charge on any atom is 0.0314 e. The van der Waals surface area contributed by atoms with Crippen molar-refractivity contribution in [1.82, 2.24) is 10.2 Å². The standard InChI is InChI=1S/C32H35N.C4H9N.C2H6.C2H4/c1-25(19-20-26(2)28-13-7-4-8-14-28)23-33-22-21-27(3)31(24-33)32(29-15-9-5-10-16-29)30-17-11-6-12-18-30;1-4(2)5-3;2*1-2/h4-20,32H,21-24H2,1-3H3;5H,1H2,2-3H3;1-2H3;1-2H2/b25-19+,26-20+;;;. The topological polar surface area (TPSA) is 15.3 Å². The Bertz CT molecular complexity index is 1210. The molecule has 3 aromatic rings. The number of benzene rings is 3. The van der Waals surface area contributed by atoms with Crippen LogP contribution in [0.4, 0.5) is 0 Å². The van der Waals surface area contributed by atoms with Crippen LogP contribution in [0.5, 0.6) is 0 Å². The lowest BCUT2D eigenvalue weighted by Gasteiger charge is -2.34. The minimum atomic E-state index is 0.319. The van der Waals surface area contributed by atoms with Crippen LogP contribution in [-0.4, -0.2) is 31.6 Å². The number of nitrogens with zero attached hydrogens (tertiary/aromatic N) is 1. The first-order valence-corrected chi connectivity index (χ1v) is 15.1. The Hall–Kier alpha value is -3.88. The summed E-state index contributed by atoms with van der Waals surface area (Å²) in [4.78, 5) is 2.61. The van der Waals surface area contributed by atoms with E-state index in [2.05, 4.69) is 154 Å². The average molecular weight is 563 g/mol. The summed E-state index contributed by atoms with van der Waals surface area (Å²) in [7, 11) is 1.85. The van der Waals surface area contributed by atoms with Crippen LogP contribution in [0.25, 0.3) is 5.57 Å². The van der Waals surface area contributed by atoms with Crippen molar-refractivity contribution in [2.45, 2.75) is 53.9 Å². The molecule has 0 amide bonds. The zero-order chi connectivity index (χ0) is 31.3. The van der Waals surface area contributed by atoms with Crippen molar-refractivity contribution < 1.29 is 0 Å². The number of rotatable bonds is 8. The van der Waals surface area contributed by atoms with Gasteiger partial charge < -0.3 is 5.32 Å². The molecule has 224 valence electrons. The fraction of sp³-hybridized carbons (Fsp3) is 0.300. The molecule has 1 heterocycles. The van der Waals surface area contributed by atoms with Crippen LogP contribution in [0.1, 0.15) is 70.6 Å². The highest BCUT2D eigenvalue weighted by Crippen LogP contribution is 2.36. The molecule has 2 heteroatoms. The minimum absolute atomic E-state index is 0.319. The molecule has 0 radical (unpaired) electrons. The minimum Gasteiger partial charge on any atom is -0.392 e. The quantitative estimate of drug-likeness (QED) is 0.217. The first-order valence-electron chi connectivity index (χ1n) is 15.1. The molecule has 42 heavy (non-hydrogen) atoms. The van der Waals surface area contributed by atoms with Gasteiger partial charge in [0.2, 0.25) is 0 Å². The predicted octanol–water partition coefficient (Wildman–Crippen LogP) is 10.5. The summed E-state index contributed by atoms with van der Waals surface area (Å²) in [6.45, 7) is 25.4. The summed E-state index contributed by atoms with van der Waals surface area (Å²) in [5.41, 5.74) is 10.9. The highest BCUT2D eigenvalue weighted by atomic mass is 15.1. The molecule has 0 aliphatic carbocycles. The Balaban J connectivity index is 0.000000873. The van der Waals surface area contributed by atoms with E-state index >= 15 is 0 Å². The summed E-state index contributed by atoms with van der Waals surface area (Å²) in [6.07, 6.45) is 5.68. The summed E-state index contributed by atoms with van der Waals surface area (Å²) in [5.74, 6) is 0.319. The average Bonchev–Trinajstić information content (AvgIpc) is 3.05. The van der Waals surface area contributed by atoms with Crippen molar-refractivity contribution in [2.24, 2.45) is 0 Å². The molecule has 0 bridgehead atoms. The highest BCUT2D eigenvalue weighted by Gasteiger charge is 2.25. The molecule has 1 aliphatic heterocycles. The first kappa shape index (κ1) is 36.1. The van der Waals surface area contributed by atoms with E-state index in [1.807, 2.05) is 27.8 Å². The second kappa shape index (κ2) is 20.9. The van der Waals surface area contributed by atoms with Crippen LogP contribution in [0, 0.1) is 0 Å². The SMILES string of the molecule is C=C.C=C(C)NC.CC.CC1=C(C(c2ccccc2)c2ccccc2)CN(C/C(C)=C/C=C(\C)c2ccccc2)CC1. The highest BCUT2D eigenvalue weighted by molar-refractivity contribution is 5.65. The van der Waals surface area contributed by atoms with Gasteiger partial charge in [0.05, 0.1) is 0 Å². The molecule has 4 rings (SSSR count). The number of allylic oxidation sites excluding steroid dienone is 4. The number of hydrogen-bond acceptors (Lipinski definition) is 2. The summed E-state index contributed by atoms with van der Waals surface area (Å²) >= 11 is 0. The second-order valence-corrected chi connectivity index (χ2v) is 10.3. The van der Waals surface area contributed by atoms with Crippen molar-refractivity contribution in [3.63, 3.8) is 0 Å². The van der Waals surface area contributed by atoms with Crippen LogP contribution in [0.2, 0.25) is 0 Å². The lowest BCUT2D eigenvalue weighted by molar-refractivity contribution is 0.303. The van der Waals surface area contributed by atoms with Gasteiger partial charge in [-0.15, -0.1) is 13.2 Å². The third-order valence-corrected chi connectivity index (χ3v) is 7.11. The smallest absolute Gasteiger partial charge is 0.0314 e. The third kappa shape index (κ3) is 12.3. The van der Waals surface area contributed by atoms with Gasteiger partial charge in [0.25, 0.3) is 0 Å². The summed E-state index contributed by atoms with van der Waals surface area (Å²) < 4.78 is 0. The van der Waals surface area contributed by atoms with Gasteiger partial charge in [-0.05, 0) is 67.6 Å². The normalized spacial score (nSPS) is 13.5. The van der Waals surface area contributed by atoms with Crippen molar-refractivity contribution in [1.29, 1.82) is 0 Å². The van der Waals surface area contributed by atoms with E-state index in [-0.39, 0.29) is 0 Å². The Morgan fingerprint density at radius 3 is 1.71 bits per heavy atom. The number of nitrogens with one attached hydrogen (secondary N) is 1. The largest absolute Gasteiger partial charge is 0.392 e. The van der Waals surface area contributed by atoms with Gasteiger partial charge in [-0.2, -0.15) is 0 Å². The molecule has 1 aliphatic rings. The molecule has 2 nitrogen and oxygen atoms in total. The van der Waals surface area contributed by atoms with E-state index in [0.29, 0.717) is 5.92 Å². The molecule has 0 fully saturated rings. The molecule has 3 aromatic carbocycles. The van der Waals surface area contributed by atoms with Crippen molar-refractivity contribution >= 4 is 5.57 Å². The Kier molecular flexibility index (Phi) is 18.0. The molecule has 0 spiro atoms. The Labute approximate surface area is 257 Å². The van der Waals surface area contributed by atoms with E-state index in [1.54, 1.807) is 11.1 Å². The molecule has 0 aromatic heterocycles. The molecular weight excluding hydrogens is 508 g/mol. The van der Waals surface area contributed by atoms with Crippen LogP contribution < -0.4 is 5.32 Å². The van der Waals surface area contributed by atoms with Gasteiger partial charge in [-0.3, -0.25) is 4.90 Å². The maximum atomic E-state index is 3.56. The van der Waals surface area contributed by atoms with E-state index in [4.69, 9.17) is 0 Å². The number of hydrogen-bond donors (Lipinski definition) is 1. The Morgan fingerprint density at radius 1 is 0.810 bits per heavy atom. The molecule has 0 atom stereocenters. The van der Waals surface area contributed by atoms with Gasteiger partial charge in [-0.25, -0.2) is 0 Å². The van der Waals surface area contributed by atoms with Gasteiger partial charge in [0, 0.05) is 32.6 Å². The van der Waals surface area contributed by atoms with E-state index < -0.39 is 0 Å². The molecule has 0 saturated heterocycles. The monoisotopic (exact) mass is 562 g/mol. The van der Waals surface area contributed by atoms with E-state index in [0.717, 1.165) is 31.8 Å². The zero-order valence-corrected chi connectivity index (χ0v) is 27.3. The van der Waals surface area contributed by atoms with Crippen LogP contribution in [0.15, 0.2) is 145 Å². The summed E-state index contributed by atoms with van der Waals surface area (Å²) in [6, 6.07) is 32.6. The zero-order valence-electron chi connectivity index (χ0n) is 27.3. The van der Waals surface area contributed by atoms with Gasteiger partial charge in [0.1, 0.15) is 0 Å². The van der Waals surface area contributed by atoms with Crippen molar-refractivity contribution in [3.05, 3.63) is 162 Å². The molecular formula is C40H54N2. The summed E-state index contributed by atoms with van der Waals surface area (Å²) in [5, 5.41) is 2.83. The molecule has 0 unspecified atom stereocenters. The van der Waals surface area contributed by atoms with Gasteiger partial charge >= 0.3 is 0 Å². The predicted molar refractivity (Wildman–Crippen MR) is 189 cm³/mol. The van der Waals surface area contributed by atoms with E-state index in [1.165, 1.54) is 27.8 Å².